The number of hydrogen-bond acceptors (Lipinski definition) is 0. The van der Waals surface area contributed by atoms with Crippen LogP contribution < -0.4 is 0 Å². The molecule has 33 heavy (non-hydrogen) atoms. The Morgan fingerprint density at radius 1 is 0.788 bits per heavy atom. The molecule has 0 amide bonds. The number of halogens is 3. The predicted octanol–water partition coefficient (Wildman–Crippen LogP) is 9.47. The second-order valence-corrected chi connectivity index (χ2v) is 10.4. The first-order valence-corrected chi connectivity index (χ1v) is 12.9. The second-order valence-electron chi connectivity index (χ2n) is 10.4. The molecule has 2 aromatic rings. The first-order valence-electron chi connectivity index (χ1n) is 12.9. The van der Waals surface area contributed by atoms with E-state index in [1.165, 1.54) is 12.8 Å². The van der Waals surface area contributed by atoms with Crippen molar-refractivity contribution in [2.75, 3.05) is 0 Å². The molecule has 178 valence electrons. The summed E-state index contributed by atoms with van der Waals surface area (Å²) >= 11 is 0. The summed E-state index contributed by atoms with van der Waals surface area (Å²) < 4.78 is 44.3. The van der Waals surface area contributed by atoms with E-state index in [1.54, 1.807) is 6.07 Å². The molecule has 2 saturated carbocycles. The van der Waals surface area contributed by atoms with Gasteiger partial charge in [-0.2, -0.15) is 0 Å². The molecule has 0 saturated heterocycles. The van der Waals surface area contributed by atoms with E-state index in [1.807, 2.05) is 37.3 Å². The van der Waals surface area contributed by atoms with Crippen LogP contribution in [0.15, 0.2) is 36.4 Å². The summed E-state index contributed by atoms with van der Waals surface area (Å²) in [7, 11) is 0. The summed E-state index contributed by atoms with van der Waals surface area (Å²) in [4.78, 5) is 0. The first-order chi connectivity index (χ1) is 16.0. The first kappa shape index (κ1) is 24.1. The van der Waals surface area contributed by atoms with Crippen LogP contribution in [0.1, 0.15) is 105 Å². The Balaban J connectivity index is 1.36. The molecule has 0 spiro atoms. The number of hydrogen-bond donors (Lipinski definition) is 0. The highest BCUT2D eigenvalue weighted by atomic mass is 19.2. The smallest absolute Gasteiger partial charge is 0.162 e. The van der Waals surface area contributed by atoms with Crippen LogP contribution in [0.3, 0.4) is 0 Å². The topological polar surface area (TPSA) is 0 Å². The fourth-order valence-corrected chi connectivity index (χ4v) is 6.01. The molecule has 0 heterocycles. The maximum atomic E-state index is 15.1. The van der Waals surface area contributed by atoms with Crippen molar-refractivity contribution in [3.63, 3.8) is 0 Å². The monoisotopic (exact) mass is 454 g/mol. The number of benzene rings is 2. The van der Waals surface area contributed by atoms with Crippen molar-refractivity contribution in [3.8, 4) is 0 Å². The molecular formula is C30H37F3. The third-order valence-electron chi connectivity index (χ3n) is 8.04. The third kappa shape index (κ3) is 5.73. The zero-order chi connectivity index (χ0) is 23.4. The van der Waals surface area contributed by atoms with E-state index in [0.29, 0.717) is 22.6 Å². The lowest BCUT2D eigenvalue weighted by atomic mass is 9.75. The fourth-order valence-electron chi connectivity index (χ4n) is 6.01. The number of allylic oxidation sites excluding steroid dienone is 1. The maximum Gasteiger partial charge on any atom is 0.162 e. The Kier molecular flexibility index (Phi) is 7.98. The van der Waals surface area contributed by atoms with Crippen molar-refractivity contribution < 1.29 is 13.2 Å². The minimum atomic E-state index is -0.621. The van der Waals surface area contributed by atoms with Crippen molar-refractivity contribution in [3.05, 3.63) is 76.1 Å². The SMILES string of the molecule is CCCC1CCC(c2ccc(C3CCC(/C=C/c4ccc(C)cc4F)CC3)c(F)c2F)CC1. The Bertz CT molecular complexity index is 961. The van der Waals surface area contributed by atoms with Gasteiger partial charge in [0.1, 0.15) is 5.82 Å². The Morgan fingerprint density at radius 2 is 1.36 bits per heavy atom. The summed E-state index contributed by atoms with van der Waals surface area (Å²) in [6.45, 7) is 4.10. The van der Waals surface area contributed by atoms with Crippen LogP contribution in [-0.4, -0.2) is 0 Å². The molecule has 3 heteroatoms. The van der Waals surface area contributed by atoms with Crippen molar-refractivity contribution in [1.82, 2.24) is 0 Å². The Hall–Kier alpha value is -2.03. The fraction of sp³-hybridized carbons (Fsp3) is 0.533. The maximum absolute atomic E-state index is 15.1. The van der Waals surface area contributed by atoms with Crippen molar-refractivity contribution >= 4 is 6.08 Å². The predicted molar refractivity (Wildman–Crippen MR) is 131 cm³/mol. The molecule has 2 aromatic carbocycles. The van der Waals surface area contributed by atoms with Gasteiger partial charge in [-0.05, 0) is 105 Å². The standard InChI is InChI=1S/C30H37F3/c1-3-4-21-6-12-23(13-7-21)26-17-18-27(30(33)29(26)32)24-14-8-22(9-15-24)10-16-25-11-5-20(2)19-28(25)31/h5,10-11,16-19,21-24H,3-4,6-9,12-15H2,1-2H3/b16-10+. The lowest BCUT2D eigenvalue weighted by Gasteiger charge is -2.30. The van der Waals surface area contributed by atoms with E-state index < -0.39 is 11.6 Å². The summed E-state index contributed by atoms with van der Waals surface area (Å²) in [6.07, 6.45) is 14.1. The normalized spacial score (nSPS) is 26.1. The molecule has 0 atom stereocenters. The van der Waals surface area contributed by atoms with Crippen LogP contribution in [-0.2, 0) is 0 Å². The zero-order valence-electron chi connectivity index (χ0n) is 20.1. The van der Waals surface area contributed by atoms with Crippen LogP contribution >= 0.6 is 0 Å². The van der Waals surface area contributed by atoms with Crippen molar-refractivity contribution in [2.24, 2.45) is 11.8 Å². The van der Waals surface area contributed by atoms with Crippen LogP contribution in [0.4, 0.5) is 13.2 Å². The van der Waals surface area contributed by atoms with E-state index in [0.717, 1.165) is 62.8 Å². The molecule has 0 bridgehead atoms. The summed E-state index contributed by atoms with van der Waals surface area (Å²) in [5.74, 6) is -0.0967. The van der Waals surface area contributed by atoms with Gasteiger partial charge in [0, 0.05) is 5.56 Å². The average molecular weight is 455 g/mol. The van der Waals surface area contributed by atoms with Gasteiger partial charge in [-0.15, -0.1) is 0 Å². The lowest BCUT2D eigenvalue weighted by molar-refractivity contribution is 0.302. The van der Waals surface area contributed by atoms with Gasteiger partial charge < -0.3 is 0 Å². The molecule has 0 unspecified atom stereocenters. The van der Waals surface area contributed by atoms with E-state index in [9.17, 15) is 4.39 Å². The molecule has 0 nitrogen and oxygen atoms in total. The van der Waals surface area contributed by atoms with Gasteiger partial charge in [-0.1, -0.05) is 56.2 Å². The van der Waals surface area contributed by atoms with Crippen LogP contribution in [0.5, 0.6) is 0 Å². The largest absolute Gasteiger partial charge is 0.206 e. The van der Waals surface area contributed by atoms with E-state index >= 15 is 8.78 Å². The van der Waals surface area contributed by atoms with Crippen LogP contribution in [0, 0.1) is 36.2 Å². The van der Waals surface area contributed by atoms with Crippen molar-refractivity contribution in [1.29, 1.82) is 0 Å². The average Bonchev–Trinajstić information content (AvgIpc) is 2.82. The van der Waals surface area contributed by atoms with E-state index in [4.69, 9.17) is 0 Å². The Morgan fingerprint density at radius 3 is 1.91 bits per heavy atom. The minimum Gasteiger partial charge on any atom is -0.206 e. The molecule has 4 rings (SSSR count). The van der Waals surface area contributed by atoms with Gasteiger partial charge in [-0.3, -0.25) is 0 Å². The molecule has 0 N–H and O–H groups in total. The second kappa shape index (κ2) is 10.9. The Labute approximate surface area is 197 Å². The van der Waals surface area contributed by atoms with Crippen LogP contribution in [0.25, 0.3) is 6.08 Å². The highest BCUT2D eigenvalue weighted by Gasteiger charge is 2.29. The minimum absolute atomic E-state index is 0.0644. The molecule has 2 fully saturated rings. The summed E-state index contributed by atoms with van der Waals surface area (Å²) in [5, 5.41) is 0. The molecule has 0 radical (unpaired) electrons. The molecule has 0 aromatic heterocycles. The molecule has 2 aliphatic rings. The zero-order valence-corrected chi connectivity index (χ0v) is 20.1. The summed E-state index contributed by atoms with van der Waals surface area (Å²) in [5.41, 5.74) is 2.65. The van der Waals surface area contributed by atoms with E-state index in [2.05, 4.69) is 13.0 Å². The van der Waals surface area contributed by atoms with Gasteiger partial charge in [0.2, 0.25) is 0 Å². The van der Waals surface area contributed by atoms with Gasteiger partial charge in [0.25, 0.3) is 0 Å². The van der Waals surface area contributed by atoms with Crippen molar-refractivity contribution in [2.45, 2.75) is 89.9 Å². The van der Waals surface area contributed by atoms with E-state index in [-0.39, 0.29) is 17.7 Å². The molecule has 0 aliphatic heterocycles. The lowest BCUT2D eigenvalue weighted by Crippen LogP contribution is -2.17. The molecular weight excluding hydrogens is 417 g/mol. The highest BCUT2D eigenvalue weighted by molar-refractivity contribution is 5.51. The van der Waals surface area contributed by atoms with Gasteiger partial charge in [0.15, 0.2) is 11.6 Å². The molecule has 2 aliphatic carbocycles. The number of rotatable bonds is 6. The number of aryl methyl sites for hydroxylation is 1. The third-order valence-corrected chi connectivity index (χ3v) is 8.04. The van der Waals surface area contributed by atoms with Crippen LogP contribution in [0.2, 0.25) is 0 Å². The van der Waals surface area contributed by atoms with Gasteiger partial charge in [0.05, 0.1) is 0 Å². The van der Waals surface area contributed by atoms with Gasteiger partial charge in [-0.25, -0.2) is 13.2 Å². The quantitative estimate of drug-likeness (QED) is 0.408. The summed E-state index contributed by atoms with van der Waals surface area (Å²) in [6, 6.07) is 8.99. The van der Waals surface area contributed by atoms with Gasteiger partial charge >= 0.3 is 0 Å². The highest BCUT2D eigenvalue weighted by Crippen LogP contribution is 2.42.